The van der Waals surface area contributed by atoms with E-state index < -0.39 is 6.09 Å². The zero-order valence-electron chi connectivity index (χ0n) is 6.78. The number of hydrogen-bond acceptors (Lipinski definition) is 2. The molecule has 0 aliphatic carbocycles. The average molecular weight is 176 g/mol. The number of fused-ring (bicyclic) bond motifs is 1. The molecule has 0 saturated carbocycles. The van der Waals surface area contributed by atoms with Gasteiger partial charge in [0.25, 0.3) is 0 Å². The molecule has 2 rings (SSSR count). The Hall–Kier alpha value is -1.97. The van der Waals surface area contributed by atoms with E-state index in [1.54, 1.807) is 6.07 Å². The number of ether oxygens (including phenoxy) is 1. The van der Waals surface area contributed by atoms with Crippen molar-refractivity contribution < 1.29 is 9.53 Å². The van der Waals surface area contributed by atoms with Crippen LogP contribution in [0.5, 0.6) is 5.88 Å². The number of nitrogens with one attached hydrogen (secondary N) is 1. The van der Waals surface area contributed by atoms with Crippen LogP contribution in [0.1, 0.15) is 0 Å². The Morgan fingerprint density at radius 3 is 2.85 bits per heavy atom. The smallest absolute Gasteiger partial charge is 0.393 e. The van der Waals surface area contributed by atoms with E-state index in [9.17, 15) is 4.79 Å². The van der Waals surface area contributed by atoms with Gasteiger partial charge < -0.3 is 15.5 Å². The number of primary amides is 1. The van der Waals surface area contributed by atoms with Crippen molar-refractivity contribution in [1.29, 1.82) is 0 Å². The molecule has 1 heterocycles. The Kier molecular flexibility index (Phi) is 1.66. The van der Waals surface area contributed by atoms with Crippen LogP contribution in [0.3, 0.4) is 0 Å². The van der Waals surface area contributed by atoms with Gasteiger partial charge in [-0.1, -0.05) is 18.2 Å². The van der Waals surface area contributed by atoms with E-state index in [-0.39, 0.29) is 0 Å². The molecule has 1 aromatic heterocycles. The minimum absolute atomic E-state index is 0.369. The summed E-state index contributed by atoms with van der Waals surface area (Å²) in [6.07, 6.45) is -0.813. The van der Waals surface area contributed by atoms with Crippen LogP contribution in [0.4, 0.5) is 4.79 Å². The summed E-state index contributed by atoms with van der Waals surface area (Å²) >= 11 is 0. The molecule has 4 heteroatoms. The molecule has 3 N–H and O–H groups in total. The summed E-state index contributed by atoms with van der Waals surface area (Å²) in [5.74, 6) is 0.369. The molecule has 1 aromatic carbocycles. The van der Waals surface area contributed by atoms with E-state index in [2.05, 4.69) is 9.72 Å². The summed E-state index contributed by atoms with van der Waals surface area (Å²) in [4.78, 5) is 13.3. The Labute approximate surface area is 74.3 Å². The number of aromatic amines is 1. The molecule has 0 atom stereocenters. The van der Waals surface area contributed by atoms with Gasteiger partial charge in [-0.2, -0.15) is 0 Å². The van der Waals surface area contributed by atoms with Crippen molar-refractivity contribution in [2.24, 2.45) is 5.73 Å². The maximum atomic E-state index is 10.4. The first-order chi connectivity index (χ1) is 6.25. The second-order valence-corrected chi connectivity index (χ2v) is 2.64. The van der Waals surface area contributed by atoms with Gasteiger partial charge in [0.1, 0.15) is 0 Å². The van der Waals surface area contributed by atoms with Crippen LogP contribution in [0, 0.1) is 0 Å². The van der Waals surface area contributed by atoms with Crippen molar-refractivity contribution in [2.45, 2.75) is 0 Å². The molecule has 0 saturated heterocycles. The first-order valence-corrected chi connectivity index (χ1v) is 3.81. The molecule has 0 aliphatic rings. The number of amides is 1. The average Bonchev–Trinajstić information content (AvgIpc) is 2.44. The summed E-state index contributed by atoms with van der Waals surface area (Å²) in [7, 11) is 0. The van der Waals surface area contributed by atoms with Gasteiger partial charge in [0.05, 0.1) is 0 Å². The van der Waals surface area contributed by atoms with E-state index in [1.807, 2.05) is 24.3 Å². The second kappa shape index (κ2) is 2.82. The van der Waals surface area contributed by atoms with Crippen LogP contribution in [0.2, 0.25) is 0 Å². The first kappa shape index (κ1) is 7.67. The lowest BCUT2D eigenvalue weighted by atomic mass is 10.3. The molecular weight excluding hydrogens is 168 g/mol. The van der Waals surface area contributed by atoms with Gasteiger partial charge in [-0.15, -0.1) is 0 Å². The fraction of sp³-hybridized carbons (Fsp3) is 0. The van der Waals surface area contributed by atoms with E-state index >= 15 is 0 Å². The molecule has 0 spiro atoms. The van der Waals surface area contributed by atoms with Gasteiger partial charge in [0.15, 0.2) is 0 Å². The minimum atomic E-state index is -0.813. The molecule has 2 aromatic rings. The number of para-hydroxylation sites is 1. The second-order valence-electron chi connectivity index (χ2n) is 2.64. The number of rotatable bonds is 1. The van der Waals surface area contributed by atoms with Crippen molar-refractivity contribution in [3.8, 4) is 5.88 Å². The van der Waals surface area contributed by atoms with Crippen LogP contribution < -0.4 is 10.5 Å². The third kappa shape index (κ3) is 1.46. The van der Waals surface area contributed by atoms with Crippen molar-refractivity contribution in [3.63, 3.8) is 0 Å². The Morgan fingerprint density at radius 1 is 1.38 bits per heavy atom. The number of hydrogen-bond donors (Lipinski definition) is 2. The number of H-pyrrole nitrogens is 1. The fourth-order valence-electron chi connectivity index (χ4n) is 1.21. The highest BCUT2D eigenvalue weighted by Gasteiger charge is 2.02. The van der Waals surface area contributed by atoms with Crippen LogP contribution >= 0.6 is 0 Å². The fourth-order valence-corrected chi connectivity index (χ4v) is 1.21. The largest absolute Gasteiger partial charge is 0.411 e. The topological polar surface area (TPSA) is 68.1 Å². The van der Waals surface area contributed by atoms with Gasteiger partial charge in [-0.05, 0) is 6.07 Å². The molecule has 1 amide bonds. The maximum Gasteiger partial charge on any atom is 0.411 e. The molecule has 0 fully saturated rings. The van der Waals surface area contributed by atoms with E-state index in [0.29, 0.717) is 5.88 Å². The van der Waals surface area contributed by atoms with Gasteiger partial charge in [-0.25, -0.2) is 4.79 Å². The Morgan fingerprint density at radius 2 is 2.15 bits per heavy atom. The third-order valence-corrected chi connectivity index (χ3v) is 1.72. The highest BCUT2D eigenvalue weighted by Crippen LogP contribution is 2.19. The molecule has 0 unspecified atom stereocenters. The molecular formula is C9H8N2O2. The Bertz CT molecular complexity index is 415. The van der Waals surface area contributed by atoms with Crippen molar-refractivity contribution >= 4 is 17.0 Å². The standard InChI is InChI=1S/C9H8N2O2/c10-9(12)13-8-5-6-3-1-2-4-7(6)11-8/h1-5,11H,(H2,10,12). The number of carbonyl (C=O) groups is 1. The monoisotopic (exact) mass is 176 g/mol. The lowest BCUT2D eigenvalue weighted by Crippen LogP contribution is -2.16. The number of nitrogens with two attached hydrogens (primary N) is 1. The molecule has 66 valence electrons. The first-order valence-electron chi connectivity index (χ1n) is 3.81. The van der Waals surface area contributed by atoms with Gasteiger partial charge in [0.2, 0.25) is 5.88 Å². The zero-order valence-corrected chi connectivity index (χ0v) is 6.78. The molecule has 13 heavy (non-hydrogen) atoms. The van der Waals surface area contributed by atoms with Crippen LogP contribution in [0.15, 0.2) is 30.3 Å². The zero-order chi connectivity index (χ0) is 9.26. The minimum Gasteiger partial charge on any atom is -0.393 e. The van der Waals surface area contributed by atoms with Crippen molar-refractivity contribution in [3.05, 3.63) is 30.3 Å². The van der Waals surface area contributed by atoms with Gasteiger partial charge in [-0.3, -0.25) is 0 Å². The van der Waals surface area contributed by atoms with Crippen LogP contribution in [0.25, 0.3) is 10.9 Å². The lowest BCUT2D eigenvalue weighted by molar-refractivity contribution is 0.209. The molecule has 0 aliphatic heterocycles. The highest BCUT2D eigenvalue weighted by atomic mass is 16.6. The number of carbonyl (C=O) groups excluding carboxylic acids is 1. The number of aromatic nitrogens is 1. The summed E-state index contributed by atoms with van der Waals surface area (Å²) in [5, 5.41) is 0.985. The van der Waals surface area contributed by atoms with Crippen molar-refractivity contribution in [2.75, 3.05) is 0 Å². The summed E-state index contributed by atoms with van der Waals surface area (Å²) < 4.78 is 4.68. The SMILES string of the molecule is NC(=O)Oc1cc2ccccc2[nH]1. The quantitative estimate of drug-likeness (QED) is 0.693. The normalized spacial score (nSPS) is 10.2. The van der Waals surface area contributed by atoms with E-state index in [4.69, 9.17) is 5.73 Å². The third-order valence-electron chi connectivity index (χ3n) is 1.72. The van der Waals surface area contributed by atoms with Gasteiger partial charge >= 0.3 is 6.09 Å². The summed E-state index contributed by atoms with van der Waals surface area (Å²) in [6, 6.07) is 9.33. The predicted molar refractivity (Wildman–Crippen MR) is 48.5 cm³/mol. The number of benzene rings is 1. The van der Waals surface area contributed by atoms with E-state index in [1.165, 1.54) is 0 Å². The van der Waals surface area contributed by atoms with Crippen LogP contribution in [-0.4, -0.2) is 11.1 Å². The highest BCUT2D eigenvalue weighted by molar-refractivity contribution is 5.82. The lowest BCUT2D eigenvalue weighted by Gasteiger charge is -1.93. The maximum absolute atomic E-state index is 10.4. The molecule has 0 bridgehead atoms. The van der Waals surface area contributed by atoms with Gasteiger partial charge in [0, 0.05) is 17.0 Å². The van der Waals surface area contributed by atoms with Crippen LogP contribution in [-0.2, 0) is 0 Å². The molecule has 4 nitrogen and oxygen atoms in total. The summed E-state index contributed by atoms with van der Waals surface area (Å²) in [5.41, 5.74) is 5.78. The predicted octanol–water partition coefficient (Wildman–Crippen LogP) is 1.63. The van der Waals surface area contributed by atoms with E-state index in [0.717, 1.165) is 10.9 Å². The Balaban J connectivity index is 2.44. The molecule has 0 radical (unpaired) electrons. The summed E-state index contributed by atoms with van der Waals surface area (Å²) in [6.45, 7) is 0. The van der Waals surface area contributed by atoms with Crippen molar-refractivity contribution in [1.82, 2.24) is 4.98 Å².